The fourth-order valence-corrected chi connectivity index (χ4v) is 4.23. The third-order valence-electron chi connectivity index (χ3n) is 5.93. The number of benzene rings is 3. The number of thiocarbonyl (C=S) groups is 1. The van der Waals surface area contributed by atoms with Gasteiger partial charge in [-0.05, 0) is 72.7 Å². The molecule has 182 valence electrons. The van der Waals surface area contributed by atoms with Crippen LogP contribution < -0.4 is 20.3 Å². The van der Waals surface area contributed by atoms with Gasteiger partial charge in [-0.1, -0.05) is 37.3 Å². The van der Waals surface area contributed by atoms with Gasteiger partial charge in [0.15, 0.2) is 5.11 Å². The third kappa shape index (κ3) is 7.28. The minimum Gasteiger partial charge on any atom is -0.494 e. The number of anilines is 2. The number of ether oxygens (including phenoxy) is 1. The molecular formula is C28H32N4O2S. The van der Waals surface area contributed by atoms with E-state index in [1.54, 1.807) is 24.3 Å². The topological polar surface area (TPSA) is 56.8 Å². The van der Waals surface area contributed by atoms with Crippen molar-refractivity contribution < 1.29 is 9.53 Å². The Kier molecular flexibility index (Phi) is 8.70. The molecule has 0 unspecified atom stereocenters. The van der Waals surface area contributed by atoms with E-state index >= 15 is 0 Å². The summed E-state index contributed by atoms with van der Waals surface area (Å²) in [5.41, 5.74) is 3.91. The number of carbonyl (C=O) groups excluding carboxylic acids is 1. The minimum absolute atomic E-state index is 0.255. The van der Waals surface area contributed by atoms with Gasteiger partial charge < -0.3 is 15.0 Å². The second-order valence-corrected chi connectivity index (χ2v) is 8.99. The number of piperazine rings is 1. The molecule has 1 aliphatic rings. The first-order chi connectivity index (χ1) is 17.1. The van der Waals surface area contributed by atoms with Crippen molar-refractivity contribution in [3.05, 3.63) is 90.0 Å². The molecule has 2 N–H and O–H groups in total. The van der Waals surface area contributed by atoms with E-state index in [4.69, 9.17) is 17.0 Å². The normalized spacial score (nSPS) is 13.8. The number of hydrogen-bond donors (Lipinski definition) is 2. The summed E-state index contributed by atoms with van der Waals surface area (Å²) in [5, 5.41) is 6.10. The average molecular weight is 489 g/mol. The summed E-state index contributed by atoms with van der Waals surface area (Å²) in [6.45, 7) is 7.78. The lowest BCUT2D eigenvalue weighted by Gasteiger charge is -2.36. The Morgan fingerprint density at radius 1 is 0.914 bits per heavy atom. The van der Waals surface area contributed by atoms with E-state index in [1.165, 1.54) is 11.3 Å². The van der Waals surface area contributed by atoms with Crippen LogP contribution in [0.15, 0.2) is 78.9 Å². The van der Waals surface area contributed by atoms with Crippen LogP contribution in [0.1, 0.15) is 29.3 Å². The number of nitrogens with one attached hydrogen (secondary N) is 2. The average Bonchev–Trinajstić information content (AvgIpc) is 2.89. The fraction of sp³-hybridized carbons (Fsp3) is 0.286. The largest absolute Gasteiger partial charge is 0.494 e. The molecule has 0 atom stereocenters. The van der Waals surface area contributed by atoms with Crippen LogP contribution in [0.2, 0.25) is 0 Å². The van der Waals surface area contributed by atoms with E-state index in [0.717, 1.165) is 50.6 Å². The van der Waals surface area contributed by atoms with Crippen molar-refractivity contribution in [1.29, 1.82) is 0 Å². The van der Waals surface area contributed by atoms with E-state index in [0.29, 0.717) is 12.2 Å². The van der Waals surface area contributed by atoms with E-state index in [1.807, 2.05) is 12.1 Å². The van der Waals surface area contributed by atoms with Gasteiger partial charge in [0.05, 0.1) is 6.61 Å². The molecule has 1 fully saturated rings. The maximum Gasteiger partial charge on any atom is 0.257 e. The van der Waals surface area contributed by atoms with Gasteiger partial charge in [0.2, 0.25) is 0 Å². The molecule has 0 spiro atoms. The van der Waals surface area contributed by atoms with Crippen molar-refractivity contribution in [2.45, 2.75) is 19.9 Å². The summed E-state index contributed by atoms with van der Waals surface area (Å²) >= 11 is 5.34. The Morgan fingerprint density at radius 2 is 1.60 bits per heavy atom. The molecule has 7 heteroatoms. The van der Waals surface area contributed by atoms with E-state index in [2.05, 4.69) is 69.8 Å². The van der Waals surface area contributed by atoms with Crippen LogP contribution in [-0.4, -0.2) is 48.7 Å². The number of rotatable bonds is 8. The lowest BCUT2D eigenvalue weighted by molar-refractivity contribution is 0.0977. The summed E-state index contributed by atoms with van der Waals surface area (Å²) in [7, 11) is 0. The summed E-state index contributed by atoms with van der Waals surface area (Å²) in [5.74, 6) is 0.497. The van der Waals surface area contributed by atoms with Crippen molar-refractivity contribution in [1.82, 2.24) is 10.2 Å². The molecule has 0 aliphatic carbocycles. The number of amides is 1. The molecular weight excluding hydrogens is 456 g/mol. The highest BCUT2D eigenvalue weighted by Gasteiger charge is 2.17. The predicted molar refractivity (Wildman–Crippen MR) is 146 cm³/mol. The van der Waals surface area contributed by atoms with Gasteiger partial charge in [0.1, 0.15) is 5.75 Å². The van der Waals surface area contributed by atoms with Gasteiger partial charge in [-0.25, -0.2) is 0 Å². The maximum absolute atomic E-state index is 12.5. The van der Waals surface area contributed by atoms with Crippen LogP contribution >= 0.6 is 12.2 Å². The van der Waals surface area contributed by atoms with Gasteiger partial charge in [0, 0.05) is 49.7 Å². The van der Waals surface area contributed by atoms with Crippen LogP contribution in [0, 0.1) is 0 Å². The van der Waals surface area contributed by atoms with Gasteiger partial charge in [-0.15, -0.1) is 0 Å². The number of carbonyl (C=O) groups is 1. The van der Waals surface area contributed by atoms with Gasteiger partial charge in [-0.2, -0.15) is 0 Å². The second-order valence-electron chi connectivity index (χ2n) is 8.58. The summed E-state index contributed by atoms with van der Waals surface area (Å²) in [6.07, 6.45) is 0.939. The zero-order valence-electron chi connectivity index (χ0n) is 20.1. The quantitative estimate of drug-likeness (QED) is 0.439. The van der Waals surface area contributed by atoms with E-state index in [-0.39, 0.29) is 11.0 Å². The van der Waals surface area contributed by atoms with Crippen molar-refractivity contribution in [3.8, 4) is 5.75 Å². The first kappa shape index (κ1) is 24.7. The molecule has 0 aromatic heterocycles. The first-order valence-electron chi connectivity index (χ1n) is 12.1. The monoisotopic (exact) mass is 488 g/mol. The van der Waals surface area contributed by atoms with Crippen LogP contribution in [0.25, 0.3) is 0 Å². The second kappa shape index (κ2) is 12.3. The highest BCUT2D eigenvalue weighted by Crippen LogP contribution is 2.20. The summed E-state index contributed by atoms with van der Waals surface area (Å²) in [6, 6.07) is 25.8. The van der Waals surface area contributed by atoms with Gasteiger partial charge in [0.25, 0.3) is 5.91 Å². The predicted octanol–water partition coefficient (Wildman–Crippen LogP) is 4.92. The number of nitrogens with zero attached hydrogens (tertiary/aromatic N) is 2. The van der Waals surface area contributed by atoms with Crippen molar-refractivity contribution in [2.24, 2.45) is 0 Å². The van der Waals surface area contributed by atoms with Crippen LogP contribution in [0.4, 0.5) is 11.4 Å². The third-order valence-corrected chi connectivity index (χ3v) is 6.13. The molecule has 4 rings (SSSR count). The lowest BCUT2D eigenvalue weighted by Crippen LogP contribution is -2.45. The Morgan fingerprint density at radius 3 is 2.26 bits per heavy atom. The molecule has 3 aromatic carbocycles. The molecule has 0 radical (unpaired) electrons. The van der Waals surface area contributed by atoms with E-state index in [9.17, 15) is 4.79 Å². The molecule has 35 heavy (non-hydrogen) atoms. The van der Waals surface area contributed by atoms with Crippen LogP contribution in [-0.2, 0) is 6.54 Å². The van der Waals surface area contributed by atoms with Crippen LogP contribution in [0.3, 0.4) is 0 Å². The standard InChI is InChI=1S/C28H32N4O2S/c1-2-20-34-26-14-8-23(9-15-26)27(33)30-28(35)29-24-10-12-25(13-11-24)32-18-16-31(17-19-32)21-22-6-4-3-5-7-22/h3-15H,2,16-21H2,1H3,(H2,29,30,33,35). The highest BCUT2D eigenvalue weighted by molar-refractivity contribution is 7.80. The van der Waals surface area contributed by atoms with Crippen molar-refractivity contribution in [3.63, 3.8) is 0 Å². The first-order valence-corrected chi connectivity index (χ1v) is 12.5. The van der Waals surface area contributed by atoms with E-state index < -0.39 is 0 Å². The summed E-state index contributed by atoms with van der Waals surface area (Å²) < 4.78 is 5.56. The smallest absolute Gasteiger partial charge is 0.257 e. The zero-order chi connectivity index (χ0) is 24.5. The van der Waals surface area contributed by atoms with Crippen molar-refractivity contribution >= 4 is 34.6 Å². The Balaban J connectivity index is 1.23. The lowest BCUT2D eigenvalue weighted by atomic mass is 10.2. The highest BCUT2D eigenvalue weighted by atomic mass is 32.1. The molecule has 3 aromatic rings. The molecule has 6 nitrogen and oxygen atoms in total. The van der Waals surface area contributed by atoms with Crippen molar-refractivity contribution in [2.75, 3.05) is 43.0 Å². The maximum atomic E-state index is 12.5. The zero-order valence-corrected chi connectivity index (χ0v) is 20.9. The molecule has 1 amide bonds. The Labute approximate surface area is 212 Å². The van der Waals surface area contributed by atoms with Gasteiger partial charge >= 0.3 is 0 Å². The molecule has 1 aliphatic heterocycles. The molecule has 1 saturated heterocycles. The molecule has 0 bridgehead atoms. The Bertz CT molecular complexity index is 1100. The fourth-order valence-electron chi connectivity index (χ4n) is 4.02. The van der Waals surface area contributed by atoms with Crippen LogP contribution in [0.5, 0.6) is 5.75 Å². The molecule has 0 saturated carbocycles. The summed E-state index contributed by atoms with van der Waals surface area (Å²) in [4.78, 5) is 17.4. The number of hydrogen-bond acceptors (Lipinski definition) is 5. The molecule has 1 heterocycles. The minimum atomic E-state index is -0.255. The van der Waals surface area contributed by atoms with Gasteiger partial charge in [-0.3, -0.25) is 15.0 Å². The SMILES string of the molecule is CCCOc1ccc(C(=O)NC(=S)Nc2ccc(N3CCN(Cc4ccccc4)CC3)cc2)cc1. The Hall–Kier alpha value is -3.42.